The Morgan fingerprint density at radius 1 is 1.14 bits per heavy atom. The van der Waals surface area contributed by atoms with Gasteiger partial charge in [-0.3, -0.25) is 14.6 Å². The highest BCUT2D eigenvalue weighted by Gasteiger charge is 2.20. The largest absolute Gasteiger partial charge is 0.452 e. The Balaban J connectivity index is 1.57. The van der Waals surface area contributed by atoms with E-state index < -0.39 is 12.1 Å². The first-order valence-electron chi connectivity index (χ1n) is 9.38. The minimum absolute atomic E-state index is 0.0109. The Morgan fingerprint density at radius 2 is 1.93 bits per heavy atom. The van der Waals surface area contributed by atoms with Gasteiger partial charge in [0.15, 0.2) is 6.10 Å². The molecule has 29 heavy (non-hydrogen) atoms. The molecule has 0 unspecified atom stereocenters. The van der Waals surface area contributed by atoms with Crippen LogP contribution in [0.15, 0.2) is 54.2 Å². The topological polar surface area (TPSA) is 81.2 Å². The third-order valence-corrected chi connectivity index (χ3v) is 5.24. The summed E-state index contributed by atoms with van der Waals surface area (Å²) in [6.07, 6.45) is 2.53. The van der Waals surface area contributed by atoms with Gasteiger partial charge in [0.25, 0.3) is 5.91 Å². The van der Waals surface area contributed by atoms with Crippen LogP contribution in [0.2, 0.25) is 0 Å². The zero-order valence-electron chi connectivity index (χ0n) is 16.6. The molecule has 150 valence electrons. The van der Waals surface area contributed by atoms with Crippen LogP contribution < -0.4 is 5.32 Å². The number of hydrogen-bond donors (Lipinski definition) is 1. The summed E-state index contributed by atoms with van der Waals surface area (Å²) >= 11 is 1.44. The van der Waals surface area contributed by atoms with Crippen LogP contribution in [0.1, 0.15) is 37.9 Å². The van der Waals surface area contributed by atoms with E-state index in [1.807, 2.05) is 41.8 Å². The fourth-order valence-corrected chi connectivity index (χ4v) is 3.61. The average molecular weight is 410 g/mol. The van der Waals surface area contributed by atoms with E-state index >= 15 is 0 Å². The van der Waals surface area contributed by atoms with Gasteiger partial charge in [0.2, 0.25) is 0 Å². The second-order valence-electron chi connectivity index (χ2n) is 6.93. The standard InChI is InChI=1S/C22H23N3O3S/c1-14(2)18-8-4-5-9-19(18)25-21(27)15(3)28-20(26)11-17-13-29-22(24-17)16-7-6-10-23-12-16/h4-10,12-15H,11H2,1-3H3,(H,25,27)/t15-/m1/s1. The Hall–Kier alpha value is -3.06. The summed E-state index contributed by atoms with van der Waals surface area (Å²) in [5, 5.41) is 5.45. The highest BCUT2D eigenvalue weighted by Crippen LogP contribution is 2.24. The molecule has 6 nitrogen and oxygen atoms in total. The number of carbonyl (C=O) groups excluding carboxylic acids is 2. The molecule has 0 spiro atoms. The molecule has 1 N–H and O–H groups in total. The fourth-order valence-electron chi connectivity index (χ4n) is 2.80. The first kappa shape index (κ1) is 20.7. The maximum atomic E-state index is 12.5. The predicted octanol–water partition coefficient (Wildman–Crippen LogP) is 4.44. The summed E-state index contributed by atoms with van der Waals surface area (Å²) in [5.74, 6) is -0.586. The summed E-state index contributed by atoms with van der Waals surface area (Å²) in [7, 11) is 0. The molecule has 0 bridgehead atoms. The molecule has 7 heteroatoms. The number of carbonyl (C=O) groups is 2. The molecule has 0 saturated heterocycles. The zero-order chi connectivity index (χ0) is 20.8. The lowest BCUT2D eigenvalue weighted by molar-refractivity contribution is -0.152. The number of rotatable bonds is 7. The quantitative estimate of drug-likeness (QED) is 0.584. The highest BCUT2D eigenvalue weighted by atomic mass is 32.1. The normalized spacial score (nSPS) is 11.9. The maximum absolute atomic E-state index is 12.5. The number of benzene rings is 1. The molecular weight excluding hydrogens is 386 g/mol. The Labute approximate surface area is 174 Å². The van der Waals surface area contributed by atoms with Crippen LogP contribution in [0.4, 0.5) is 5.69 Å². The van der Waals surface area contributed by atoms with Crippen molar-refractivity contribution in [2.45, 2.75) is 39.2 Å². The van der Waals surface area contributed by atoms with Gasteiger partial charge in [-0.15, -0.1) is 11.3 Å². The van der Waals surface area contributed by atoms with E-state index in [1.54, 1.807) is 19.3 Å². The van der Waals surface area contributed by atoms with Gasteiger partial charge in [-0.2, -0.15) is 0 Å². The van der Waals surface area contributed by atoms with Crippen LogP contribution in [-0.2, 0) is 20.7 Å². The van der Waals surface area contributed by atoms with Crippen LogP contribution in [0, 0.1) is 0 Å². The van der Waals surface area contributed by atoms with E-state index in [1.165, 1.54) is 11.3 Å². The summed E-state index contributed by atoms with van der Waals surface area (Å²) in [6.45, 7) is 5.68. The van der Waals surface area contributed by atoms with E-state index in [4.69, 9.17) is 4.74 Å². The number of para-hydroxylation sites is 1. The van der Waals surface area contributed by atoms with Gasteiger partial charge in [-0.25, -0.2) is 4.98 Å². The minimum atomic E-state index is -0.904. The van der Waals surface area contributed by atoms with Crippen molar-refractivity contribution in [2.24, 2.45) is 0 Å². The maximum Gasteiger partial charge on any atom is 0.312 e. The Bertz CT molecular complexity index is 986. The number of amides is 1. The fraction of sp³-hybridized carbons (Fsp3) is 0.273. The summed E-state index contributed by atoms with van der Waals surface area (Å²) < 4.78 is 5.30. The van der Waals surface area contributed by atoms with E-state index in [2.05, 4.69) is 29.1 Å². The third kappa shape index (κ3) is 5.48. The Kier molecular flexibility index (Phi) is 6.72. The first-order chi connectivity index (χ1) is 13.9. The highest BCUT2D eigenvalue weighted by molar-refractivity contribution is 7.13. The van der Waals surface area contributed by atoms with Gasteiger partial charge in [-0.05, 0) is 36.6 Å². The molecule has 3 rings (SSSR count). The molecule has 0 aliphatic carbocycles. The molecule has 0 aliphatic heterocycles. The van der Waals surface area contributed by atoms with Gasteiger partial charge < -0.3 is 10.1 Å². The van der Waals surface area contributed by atoms with Crippen LogP contribution in [0.5, 0.6) is 0 Å². The summed E-state index contributed by atoms with van der Waals surface area (Å²) in [4.78, 5) is 33.2. The lowest BCUT2D eigenvalue weighted by Gasteiger charge is -2.17. The van der Waals surface area contributed by atoms with Gasteiger partial charge in [0.05, 0.1) is 12.1 Å². The van der Waals surface area contributed by atoms with Crippen molar-refractivity contribution < 1.29 is 14.3 Å². The number of hydrogen-bond acceptors (Lipinski definition) is 6. The second-order valence-corrected chi connectivity index (χ2v) is 7.78. The molecule has 1 atom stereocenters. The van der Waals surface area contributed by atoms with E-state index in [0.29, 0.717) is 5.69 Å². The van der Waals surface area contributed by atoms with Crippen molar-refractivity contribution in [3.63, 3.8) is 0 Å². The van der Waals surface area contributed by atoms with Crippen molar-refractivity contribution in [1.29, 1.82) is 0 Å². The monoisotopic (exact) mass is 409 g/mol. The van der Waals surface area contributed by atoms with Crippen molar-refractivity contribution in [3.05, 3.63) is 65.4 Å². The van der Waals surface area contributed by atoms with Crippen molar-refractivity contribution >= 4 is 28.9 Å². The summed E-state index contributed by atoms with van der Waals surface area (Å²) in [6, 6.07) is 11.4. The number of esters is 1. The Morgan fingerprint density at radius 3 is 2.66 bits per heavy atom. The van der Waals surface area contributed by atoms with E-state index in [-0.39, 0.29) is 18.2 Å². The van der Waals surface area contributed by atoms with Crippen molar-refractivity contribution in [1.82, 2.24) is 9.97 Å². The van der Waals surface area contributed by atoms with Gasteiger partial charge in [-0.1, -0.05) is 32.0 Å². The van der Waals surface area contributed by atoms with Gasteiger partial charge in [0, 0.05) is 29.0 Å². The smallest absolute Gasteiger partial charge is 0.312 e. The predicted molar refractivity (Wildman–Crippen MR) is 114 cm³/mol. The molecule has 0 fully saturated rings. The van der Waals surface area contributed by atoms with Crippen LogP contribution in [0.25, 0.3) is 10.6 Å². The van der Waals surface area contributed by atoms with Gasteiger partial charge >= 0.3 is 5.97 Å². The number of nitrogens with zero attached hydrogens (tertiary/aromatic N) is 2. The molecule has 0 aliphatic rings. The first-order valence-corrected chi connectivity index (χ1v) is 10.3. The molecule has 2 aromatic heterocycles. The molecule has 3 aromatic rings. The number of pyridine rings is 1. The number of anilines is 1. The minimum Gasteiger partial charge on any atom is -0.452 e. The van der Waals surface area contributed by atoms with Crippen LogP contribution >= 0.6 is 11.3 Å². The molecule has 1 aromatic carbocycles. The van der Waals surface area contributed by atoms with Crippen LogP contribution in [0.3, 0.4) is 0 Å². The van der Waals surface area contributed by atoms with E-state index in [9.17, 15) is 9.59 Å². The zero-order valence-corrected chi connectivity index (χ0v) is 17.4. The molecule has 2 heterocycles. The SMILES string of the molecule is CC(C)c1ccccc1NC(=O)[C@@H](C)OC(=O)Cc1csc(-c2cccnc2)n1. The van der Waals surface area contributed by atoms with Crippen molar-refractivity contribution in [2.75, 3.05) is 5.32 Å². The average Bonchev–Trinajstić information content (AvgIpc) is 3.17. The third-order valence-electron chi connectivity index (χ3n) is 4.30. The van der Waals surface area contributed by atoms with Gasteiger partial charge in [0.1, 0.15) is 5.01 Å². The molecule has 1 amide bonds. The number of ether oxygens (including phenoxy) is 1. The molecular formula is C22H23N3O3S. The van der Waals surface area contributed by atoms with E-state index in [0.717, 1.165) is 21.8 Å². The number of thiazole rings is 1. The van der Waals surface area contributed by atoms with Crippen LogP contribution in [-0.4, -0.2) is 27.9 Å². The summed E-state index contributed by atoms with van der Waals surface area (Å²) in [5.41, 5.74) is 3.27. The molecule has 0 saturated carbocycles. The second kappa shape index (κ2) is 9.43. The number of aromatic nitrogens is 2. The van der Waals surface area contributed by atoms with Crippen molar-refractivity contribution in [3.8, 4) is 10.6 Å². The lowest BCUT2D eigenvalue weighted by atomic mass is 10.0. The molecule has 0 radical (unpaired) electrons. The lowest BCUT2D eigenvalue weighted by Crippen LogP contribution is -2.30. The number of nitrogens with one attached hydrogen (secondary N) is 1.